The van der Waals surface area contributed by atoms with Crippen LogP contribution in [-0.4, -0.2) is 30.1 Å². The van der Waals surface area contributed by atoms with Crippen molar-refractivity contribution in [3.05, 3.63) is 76.7 Å². The fourth-order valence-electron chi connectivity index (χ4n) is 3.33. The lowest BCUT2D eigenvalue weighted by atomic mass is 10.0. The maximum absolute atomic E-state index is 12.3. The minimum Gasteiger partial charge on any atom is -0.378 e. The molecule has 1 aromatic carbocycles. The third kappa shape index (κ3) is 4.27. The highest BCUT2D eigenvalue weighted by Crippen LogP contribution is 2.34. The van der Waals surface area contributed by atoms with Crippen molar-refractivity contribution in [3.8, 4) is 34.4 Å². The van der Waals surface area contributed by atoms with Gasteiger partial charge in [-0.05, 0) is 45.9 Å². The summed E-state index contributed by atoms with van der Waals surface area (Å²) in [6.07, 6.45) is 1.85. The number of rotatable bonds is 3. The average molecular weight is 412 g/mol. The molecule has 0 aliphatic rings. The van der Waals surface area contributed by atoms with Crippen molar-refractivity contribution in [3.63, 3.8) is 0 Å². The van der Waals surface area contributed by atoms with Gasteiger partial charge in [0.2, 0.25) is 0 Å². The van der Waals surface area contributed by atoms with Gasteiger partial charge in [-0.3, -0.25) is 4.79 Å². The quantitative estimate of drug-likeness (QED) is 0.518. The van der Waals surface area contributed by atoms with E-state index in [0.29, 0.717) is 5.69 Å². The van der Waals surface area contributed by atoms with E-state index in [1.807, 2.05) is 62.5 Å². The van der Waals surface area contributed by atoms with Crippen LogP contribution in [0.2, 0.25) is 0 Å². The molecule has 3 heterocycles. The number of aromatic nitrogens is 4. The van der Waals surface area contributed by atoms with Gasteiger partial charge < -0.3 is 5.11 Å². The number of aliphatic hydroxyl groups is 1. The Bertz CT molecular complexity index is 1360. The van der Waals surface area contributed by atoms with Crippen LogP contribution in [-0.2, 0) is 0 Å². The second-order valence-corrected chi connectivity index (χ2v) is 8.24. The summed E-state index contributed by atoms with van der Waals surface area (Å²) in [5.41, 5.74) is 3.56. The summed E-state index contributed by atoms with van der Waals surface area (Å²) in [6, 6.07) is 16.9. The molecule has 0 amide bonds. The van der Waals surface area contributed by atoms with Crippen molar-refractivity contribution < 1.29 is 5.11 Å². The fourth-order valence-corrected chi connectivity index (χ4v) is 3.33. The van der Waals surface area contributed by atoms with Crippen LogP contribution in [0.25, 0.3) is 28.0 Å². The highest BCUT2D eigenvalue weighted by Gasteiger charge is 2.19. The van der Waals surface area contributed by atoms with E-state index >= 15 is 0 Å². The largest absolute Gasteiger partial charge is 0.378 e. The van der Waals surface area contributed by atoms with Gasteiger partial charge in [-0.25, -0.2) is 9.20 Å². The first-order chi connectivity index (χ1) is 14.7. The van der Waals surface area contributed by atoms with Gasteiger partial charge in [0.15, 0.2) is 0 Å². The number of hydrogen-bond donors (Lipinski definition) is 1. The molecule has 0 atom stereocenters. The van der Waals surface area contributed by atoms with E-state index in [-0.39, 0.29) is 11.6 Å². The highest BCUT2D eigenvalue weighted by molar-refractivity contribution is 5.91. The molecule has 0 fully saturated rings. The SMILES string of the molecule is CC(C)n1nc(-c2c(-c3ccccc3)nn3ccc(C#CC(C)(C)O)cc23)ccc1=O. The minimum absolute atomic E-state index is 0.0670. The average Bonchev–Trinajstić information content (AvgIpc) is 3.11. The predicted molar refractivity (Wildman–Crippen MR) is 122 cm³/mol. The summed E-state index contributed by atoms with van der Waals surface area (Å²) >= 11 is 0. The van der Waals surface area contributed by atoms with E-state index in [0.717, 1.165) is 27.9 Å². The van der Waals surface area contributed by atoms with Crippen molar-refractivity contribution in [2.75, 3.05) is 0 Å². The Balaban J connectivity index is 2.01. The molecular formula is C25H24N4O2. The second kappa shape index (κ2) is 7.86. The Morgan fingerprint density at radius 1 is 1.03 bits per heavy atom. The van der Waals surface area contributed by atoms with Crippen molar-refractivity contribution in [2.45, 2.75) is 39.3 Å². The summed E-state index contributed by atoms with van der Waals surface area (Å²) in [5.74, 6) is 5.87. The van der Waals surface area contributed by atoms with Crippen LogP contribution in [0.3, 0.4) is 0 Å². The first-order valence-corrected chi connectivity index (χ1v) is 10.2. The first-order valence-electron chi connectivity index (χ1n) is 10.2. The second-order valence-electron chi connectivity index (χ2n) is 8.24. The molecule has 0 aliphatic carbocycles. The fraction of sp³-hybridized carbons (Fsp3) is 0.240. The van der Waals surface area contributed by atoms with Crippen LogP contribution in [0.5, 0.6) is 0 Å². The summed E-state index contributed by atoms with van der Waals surface area (Å²) < 4.78 is 3.27. The molecule has 0 saturated heterocycles. The Hall–Kier alpha value is -3.69. The zero-order valence-corrected chi connectivity index (χ0v) is 18.0. The van der Waals surface area contributed by atoms with Crippen LogP contribution >= 0.6 is 0 Å². The molecule has 0 bridgehead atoms. The standard InChI is InChI=1S/C25H24N4O2/c1-17(2)29-22(30)11-10-20(26-29)23-21-16-18(12-14-25(3,4)31)13-15-28(21)27-24(23)19-8-6-5-7-9-19/h5-11,13,15-17,31H,1-4H3. The van der Waals surface area contributed by atoms with E-state index in [1.165, 1.54) is 4.68 Å². The Morgan fingerprint density at radius 3 is 2.45 bits per heavy atom. The lowest BCUT2D eigenvalue weighted by molar-refractivity contribution is 0.143. The zero-order chi connectivity index (χ0) is 22.2. The van der Waals surface area contributed by atoms with Crippen LogP contribution in [0, 0.1) is 11.8 Å². The Morgan fingerprint density at radius 2 is 1.77 bits per heavy atom. The minimum atomic E-state index is -1.08. The van der Waals surface area contributed by atoms with E-state index in [9.17, 15) is 9.90 Å². The molecular weight excluding hydrogens is 388 g/mol. The van der Waals surface area contributed by atoms with Crippen LogP contribution in [0.15, 0.2) is 65.6 Å². The topological polar surface area (TPSA) is 72.4 Å². The van der Waals surface area contributed by atoms with Crippen molar-refractivity contribution in [2.24, 2.45) is 0 Å². The normalized spacial score (nSPS) is 11.5. The number of fused-ring (bicyclic) bond motifs is 1. The molecule has 4 aromatic rings. The van der Waals surface area contributed by atoms with Gasteiger partial charge in [-0.15, -0.1) is 0 Å². The molecule has 0 aliphatic heterocycles. The van der Waals surface area contributed by atoms with Crippen LogP contribution in [0.4, 0.5) is 0 Å². The molecule has 0 spiro atoms. The maximum Gasteiger partial charge on any atom is 0.267 e. The maximum atomic E-state index is 12.3. The van der Waals surface area contributed by atoms with Gasteiger partial charge in [0.1, 0.15) is 11.3 Å². The Kier molecular flexibility index (Phi) is 5.22. The third-order valence-electron chi connectivity index (χ3n) is 4.77. The molecule has 6 nitrogen and oxygen atoms in total. The molecule has 31 heavy (non-hydrogen) atoms. The summed E-state index contributed by atoms with van der Waals surface area (Å²) in [4.78, 5) is 12.3. The number of pyridine rings is 1. The van der Waals surface area contributed by atoms with E-state index < -0.39 is 5.60 Å². The van der Waals surface area contributed by atoms with E-state index in [1.54, 1.807) is 30.5 Å². The molecule has 1 N–H and O–H groups in total. The van der Waals surface area contributed by atoms with Crippen molar-refractivity contribution in [1.82, 2.24) is 19.4 Å². The van der Waals surface area contributed by atoms with Crippen molar-refractivity contribution >= 4 is 5.52 Å². The lowest BCUT2D eigenvalue weighted by Gasteiger charge is -2.10. The molecule has 6 heteroatoms. The lowest BCUT2D eigenvalue weighted by Crippen LogP contribution is -2.23. The van der Waals surface area contributed by atoms with E-state index in [4.69, 9.17) is 5.10 Å². The zero-order valence-electron chi connectivity index (χ0n) is 18.0. The van der Waals surface area contributed by atoms with Gasteiger partial charge in [-0.1, -0.05) is 42.2 Å². The van der Waals surface area contributed by atoms with Gasteiger partial charge in [0.25, 0.3) is 5.56 Å². The van der Waals surface area contributed by atoms with Gasteiger partial charge in [0.05, 0.1) is 22.8 Å². The summed E-state index contributed by atoms with van der Waals surface area (Å²) in [7, 11) is 0. The molecule has 156 valence electrons. The highest BCUT2D eigenvalue weighted by atomic mass is 16.3. The van der Waals surface area contributed by atoms with Crippen LogP contribution in [0.1, 0.15) is 39.3 Å². The molecule has 0 unspecified atom stereocenters. The van der Waals surface area contributed by atoms with Gasteiger partial charge in [-0.2, -0.15) is 10.2 Å². The monoisotopic (exact) mass is 412 g/mol. The predicted octanol–water partition coefficient (Wildman–Crippen LogP) is 3.93. The van der Waals surface area contributed by atoms with Crippen molar-refractivity contribution in [1.29, 1.82) is 0 Å². The number of nitrogens with zero attached hydrogens (tertiary/aromatic N) is 4. The molecule has 0 saturated carbocycles. The van der Waals surface area contributed by atoms with Crippen LogP contribution < -0.4 is 5.56 Å². The smallest absolute Gasteiger partial charge is 0.267 e. The summed E-state index contributed by atoms with van der Waals surface area (Å²) in [5, 5.41) is 19.4. The summed E-state index contributed by atoms with van der Waals surface area (Å²) in [6.45, 7) is 7.15. The third-order valence-corrected chi connectivity index (χ3v) is 4.77. The van der Waals surface area contributed by atoms with Gasteiger partial charge >= 0.3 is 0 Å². The van der Waals surface area contributed by atoms with Gasteiger partial charge in [0, 0.05) is 23.4 Å². The molecule has 0 radical (unpaired) electrons. The molecule has 3 aromatic heterocycles. The Labute approximate surface area is 180 Å². The van der Waals surface area contributed by atoms with E-state index in [2.05, 4.69) is 16.9 Å². The molecule has 4 rings (SSSR count). The number of benzene rings is 1. The number of hydrogen-bond acceptors (Lipinski definition) is 4. The first kappa shape index (κ1) is 20.6.